The van der Waals surface area contributed by atoms with Crippen molar-refractivity contribution in [3.05, 3.63) is 11.6 Å². The van der Waals surface area contributed by atoms with E-state index in [4.69, 9.17) is 0 Å². The zero-order valence-electron chi connectivity index (χ0n) is 14.2. The Hall–Kier alpha value is -1.96. The molecule has 3 aliphatic rings. The molecule has 3 fully saturated rings. The van der Waals surface area contributed by atoms with Gasteiger partial charge >= 0.3 is 0 Å². The van der Waals surface area contributed by atoms with Gasteiger partial charge in [-0.25, -0.2) is 0 Å². The summed E-state index contributed by atoms with van der Waals surface area (Å²) in [7, 11) is 3.99. The van der Waals surface area contributed by atoms with E-state index >= 15 is 0 Å². The molecule has 2 saturated heterocycles. The largest absolute Gasteiger partial charge is 0.348 e. The van der Waals surface area contributed by atoms with E-state index in [0.29, 0.717) is 25.4 Å². The van der Waals surface area contributed by atoms with Gasteiger partial charge in [0.1, 0.15) is 5.82 Å². The Morgan fingerprint density at radius 3 is 2.62 bits per heavy atom. The Balaban J connectivity index is 1.31. The summed E-state index contributed by atoms with van der Waals surface area (Å²) in [5.74, 6) is 2.10. The van der Waals surface area contributed by atoms with Crippen molar-refractivity contribution in [1.29, 1.82) is 0 Å². The first-order valence-corrected chi connectivity index (χ1v) is 8.67. The molecule has 2 amide bonds. The summed E-state index contributed by atoms with van der Waals surface area (Å²) in [6.45, 7) is 2.72. The van der Waals surface area contributed by atoms with Crippen molar-refractivity contribution in [2.45, 2.75) is 37.8 Å². The summed E-state index contributed by atoms with van der Waals surface area (Å²) in [5, 5.41) is 11.3. The Bertz CT molecular complexity index is 662. The van der Waals surface area contributed by atoms with Crippen LogP contribution in [0.3, 0.4) is 0 Å². The predicted octanol–water partition coefficient (Wildman–Crippen LogP) is -0.529. The lowest BCUT2D eigenvalue weighted by Gasteiger charge is -2.42. The topological polar surface area (TPSA) is 83.4 Å². The minimum atomic E-state index is -0.250. The number of nitrogens with one attached hydrogen (secondary N) is 1. The van der Waals surface area contributed by atoms with Crippen molar-refractivity contribution in [3.8, 4) is 0 Å². The molecule has 0 bridgehead atoms. The second-order valence-electron chi connectivity index (χ2n) is 7.35. The lowest BCUT2D eigenvalue weighted by molar-refractivity contribution is -0.132. The molecule has 1 saturated carbocycles. The molecule has 1 aromatic rings. The van der Waals surface area contributed by atoms with Crippen LogP contribution in [-0.4, -0.2) is 69.1 Å². The molecule has 1 N–H and O–H groups in total. The van der Waals surface area contributed by atoms with Crippen LogP contribution in [0.15, 0.2) is 0 Å². The minimum absolute atomic E-state index is 0.0606. The second-order valence-corrected chi connectivity index (χ2v) is 7.35. The summed E-state index contributed by atoms with van der Waals surface area (Å²) in [6.07, 6.45) is 2.67. The van der Waals surface area contributed by atoms with Crippen LogP contribution in [0.1, 0.15) is 36.8 Å². The highest BCUT2D eigenvalue weighted by molar-refractivity contribution is 5.89. The van der Waals surface area contributed by atoms with Crippen LogP contribution in [-0.2, 0) is 23.2 Å². The molecule has 1 aliphatic carbocycles. The number of rotatable bonds is 5. The monoisotopic (exact) mass is 332 g/mol. The summed E-state index contributed by atoms with van der Waals surface area (Å²) >= 11 is 0. The Labute approximate surface area is 141 Å². The molecule has 8 heteroatoms. The van der Waals surface area contributed by atoms with E-state index in [1.165, 1.54) is 12.8 Å². The highest BCUT2D eigenvalue weighted by Crippen LogP contribution is 2.38. The van der Waals surface area contributed by atoms with Crippen LogP contribution in [0.2, 0.25) is 0 Å². The number of likely N-dealkylation sites (tertiary alicyclic amines) is 2. The molecule has 1 atom stereocenters. The van der Waals surface area contributed by atoms with Crippen molar-refractivity contribution in [1.82, 2.24) is 29.9 Å². The lowest BCUT2D eigenvalue weighted by Crippen LogP contribution is -2.58. The Kier molecular flexibility index (Phi) is 3.79. The average Bonchev–Trinajstić information content (AvgIpc) is 3.20. The third-order valence-corrected chi connectivity index (χ3v) is 5.38. The van der Waals surface area contributed by atoms with Crippen LogP contribution in [0.5, 0.6) is 0 Å². The first-order valence-electron chi connectivity index (χ1n) is 8.67. The zero-order chi connectivity index (χ0) is 16.8. The molecular formula is C16H24N6O2. The summed E-state index contributed by atoms with van der Waals surface area (Å²) < 4.78 is 1.98. The van der Waals surface area contributed by atoms with Gasteiger partial charge in [0, 0.05) is 39.0 Å². The molecule has 4 rings (SSSR count). The van der Waals surface area contributed by atoms with Gasteiger partial charge in [-0.1, -0.05) is 0 Å². The van der Waals surface area contributed by atoms with Gasteiger partial charge in [0.2, 0.25) is 11.8 Å². The number of aromatic nitrogens is 3. The van der Waals surface area contributed by atoms with E-state index in [-0.39, 0.29) is 23.8 Å². The molecule has 3 heterocycles. The number of nitrogens with zero attached hydrogens (tertiary/aromatic N) is 5. The normalized spacial score (nSPS) is 25.2. The van der Waals surface area contributed by atoms with Crippen LogP contribution in [0.4, 0.5) is 0 Å². The van der Waals surface area contributed by atoms with E-state index in [1.807, 2.05) is 23.6 Å². The zero-order valence-corrected chi connectivity index (χ0v) is 14.2. The SMILES string of the molecule is CN1CC(N2CC(C(=O)NCc3nnc(C4CC4)n3C)CC2=O)C1. The Morgan fingerprint density at radius 2 is 1.96 bits per heavy atom. The molecule has 0 spiro atoms. The smallest absolute Gasteiger partial charge is 0.225 e. The number of amides is 2. The molecule has 24 heavy (non-hydrogen) atoms. The fraction of sp³-hybridized carbons (Fsp3) is 0.750. The molecule has 8 nitrogen and oxygen atoms in total. The third kappa shape index (κ3) is 2.79. The third-order valence-electron chi connectivity index (χ3n) is 5.38. The van der Waals surface area contributed by atoms with Gasteiger partial charge in [-0.3, -0.25) is 9.59 Å². The van der Waals surface area contributed by atoms with E-state index in [2.05, 4.69) is 20.4 Å². The van der Waals surface area contributed by atoms with Gasteiger partial charge in [-0.2, -0.15) is 0 Å². The first-order chi connectivity index (χ1) is 11.5. The van der Waals surface area contributed by atoms with Crippen LogP contribution in [0, 0.1) is 5.92 Å². The second kappa shape index (κ2) is 5.84. The Morgan fingerprint density at radius 1 is 1.21 bits per heavy atom. The maximum atomic E-state index is 12.4. The molecule has 2 aliphatic heterocycles. The number of likely N-dealkylation sites (N-methyl/N-ethyl adjacent to an activating group) is 1. The molecule has 0 aromatic carbocycles. The van der Waals surface area contributed by atoms with Crippen LogP contribution in [0.25, 0.3) is 0 Å². The quantitative estimate of drug-likeness (QED) is 0.784. The van der Waals surface area contributed by atoms with Crippen molar-refractivity contribution in [2.24, 2.45) is 13.0 Å². The summed E-state index contributed by atoms with van der Waals surface area (Å²) in [5.41, 5.74) is 0. The molecule has 1 aromatic heterocycles. The molecule has 130 valence electrons. The standard InChI is InChI=1S/C16H24N6O2/c1-20-8-12(9-20)22-7-11(5-14(22)23)16(24)17-6-13-18-19-15(21(13)2)10-3-4-10/h10-12H,3-9H2,1-2H3,(H,17,24). The highest BCUT2D eigenvalue weighted by atomic mass is 16.2. The van der Waals surface area contributed by atoms with Crippen molar-refractivity contribution >= 4 is 11.8 Å². The van der Waals surface area contributed by atoms with Crippen LogP contribution >= 0.6 is 0 Å². The van der Waals surface area contributed by atoms with Crippen LogP contribution < -0.4 is 5.32 Å². The summed E-state index contributed by atoms with van der Waals surface area (Å²) in [4.78, 5) is 28.6. The van der Waals surface area contributed by atoms with Gasteiger partial charge in [0.25, 0.3) is 0 Å². The predicted molar refractivity (Wildman–Crippen MR) is 85.9 cm³/mol. The van der Waals surface area contributed by atoms with E-state index in [1.54, 1.807) is 0 Å². The maximum absolute atomic E-state index is 12.4. The fourth-order valence-electron chi connectivity index (χ4n) is 3.66. The lowest BCUT2D eigenvalue weighted by atomic mass is 10.1. The molecular weight excluding hydrogens is 308 g/mol. The van der Waals surface area contributed by atoms with Crippen molar-refractivity contribution < 1.29 is 9.59 Å². The van der Waals surface area contributed by atoms with Crippen molar-refractivity contribution in [3.63, 3.8) is 0 Å². The number of carbonyl (C=O) groups excluding carboxylic acids is 2. The molecule has 0 radical (unpaired) electrons. The molecule has 1 unspecified atom stereocenters. The fourth-order valence-corrected chi connectivity index (χ4v) is 3.66. The number of carbonyl (C=O) groups is 2. The van der Waals surface area contributed by atoms with Gasteiger partial charge in [0.05, 0.1) is 18.5 Å². The first kappa shape index (κ1) is 15.6. The van der Waals surface area contributed by atoms with E-state index in [0.717, 1.165) is 24.7 Å². The summed E-state index contributed by atoms with van der Waals surface area (Å²) in [6, 6.07) is 0.278. The highest BCUT2D eigenvalue weighted by Gasteiger charge is 2.41. The van der Waals surface area contributed by atoms with Gasteiger partial charge in [-0.05, 0) is 19.9 Å². The van der Waals surface area contributed by atoms with E-state index < -0.39 is 0 Å². The van der Waals surface area contributed by atoms with E-state index in [9.17, 15) is 9.59 Å². The number of hydrogen-bond acceptors (Lipinski definition) is 5. The average molecular weight is 332 g/mol. The minimum Gasteiger partial charge on any atom is -0.348 e. The van der Waals surface area contributed by atoms with Gasteiger partial charge in [0.15, 0.2) is 5.82 Å². The van der Waals surface area contributed by atoms with Gasteiger partial charge in [-0.15, -0.1) is 10.2 Å². The van der Waals surface area contributed by atoms with Crippen molar-refractivity contribution in [2.75, 3.05) is 26.7 Å². The maximum Gasteiger partial charge on any atom is 0.225 e. The van der Waals surface area contributed by atoms with Gasteiger partial charge < -0.3 is 19.7 Å². The number of hydrogen-bond donors (Lipinski definition) is 1.